The molecule has 0 radical (unpaired) electrons. The molecule has 1 atom stereocenters. The zero-order chi connectivity index (χ0) is 12.0. The molecule has 0 bridgehead atoms. The number of aromatic nitrogens is 1. The number of carboxylic acids is 1. The van der Waals surface area contributed by atoms with Crippen LogP contribution in [0.3, 0.4) is 0 Å². The smallest absolute Gasteiger partial charge is 0.312 e. The van der Waals surface area contributed by atoms with Crippen molar-refractivity contribution in [2.24, 2.45) is 0 Å². The Morgan fingerprint density at radius 1 is 1.65 bits per heavy atom. The Balaban J connectivity index is 2.04. The van der Waals surface area contributed by atoms with Crippen molar-refractivity contribution < 1.29 is 14.3 Å². The third-order valence-electron chi connectivity index (χ3n) is 3.07. The molecule has 1 N–H and O–H groups in total. The van der Waals surface area contributed by atoms with Gasteiger partial charge in [-0.25, -0.2) is 4.98 Å². The number of hydrogen-bond donors (Lipinski definition) is 1. The molecule has 2 heterocycles. The first-order valence-electron chi connectivity index (χ1n) is 5.43. The highest BCUT2D eigenvalue weighted by Gasteiger charge is 2.33. The Morgan fingerprint density at radius 2 is 2.47 bits per heavy atom. The minimum atomic E-state index is -0.781. The van der Waals surface area contributed by atoms with E-state index in [2.05, 4.69) is 4.98 Å². The van der Waals surface area contributed by atoms with E-state index in [1.165, 1.54) is 0 Å². The summed E-state index contributed by atoms with van der Waals surface area (Å²) in [7, 11) is 0. The number of carboxylic acid groups (broad SMARTS) is 1. The van der Waals surface area contributed by atoms with E-state index in [1.54, 1.807) is 17.6 Å². The Bertz CT molecular complexity index is 584. The molecule has 88 valence electrons. The van der Waals surface area contributed by atoms with Crippen molar-refractivity contribution in [2.75, 3.05) is 0 Å². The maximum Gasteiger partial charge on any atom is 0.312 e. The predicted molar refractivity (Wildman–Crippen MR) is 63.3 cm³/mol. The van der Waals surface area contributed by atoms with Gasteiger partial charge in [0.05, 0.1) is 12.0 Å². The molecule has 0 amide bonds. The fourth-order valence-electron chi connectivity index (χ4n) is 2.16. The van der Waals surface area contributed by atoms with Crippen LogP contribution in [-0.2, 0) is 11.2 Å². The summed E-state index contributed by atoms with van der Waals surface area (Å²) in [5.74, 6) is -0.462. The molecule has 0 saturated carbocycles. The monoisotopic (exact) mass is 249 g/mol. The van der Waals surface area contributed by atoms with Crippen molar-refractivity contribution in [3.05, 3.63) is 28.5 Å². The zero-order valence-corrected chi connectivity index (χ0v) is 10.1. The summed E-state index contributed by atoms with van der Waals surface area (Å²) in [6.07, 6.45) is 3.11. The van der Waals surface area contributed by atoms with E-state index < -0.39 is 11.9 Å². The van der Waals surface area contributed by atoms with Gasteiger partial charge < -0.3 is 9.52 Å². The first kappa shape index (κ1) is 10.5. The fourth-order valence-corrected chi connectivity index (χ4v) is 3.35. The Hall–Kier alpha value is -1.62. The van der Waals surface area contributed by atoms with Gasteiger partial charge in [-0.15, -0.1) is 11.3 Å². The van der Waals surface area contributed by atoms with Crippen LogP contribution >= 0.6 is 11.3 Å². The Kier molecular flexibility index (Phi) is 2.29. The summed E-state index contributed by atoms with van der Waals surface area (Å²) in [6, 6.07) is 1.89. The van der Waals surface area contributed by atoms with E-state index in [1.807, 2.05) is 13.0 Å². The fraction of sp³-hybridized carbons (Fsp3) is 0.333. The number of rotatable bonds is 2. The van der Waals surface area contributed by atoms with Gasteiger partial charge in [-0.3, -0.25) is 4.79 Å². The van der Waals surface area contributed by atoms with Crippen LogP contribution in [0, 0.1) is 6.92 Å². The summed E-state index contributed by atoms with van der Waals surface area (Å²) in [5, 5.41) is 9.89. The van der Waals surface area contributed by atoms with Crippen molar-refractivity contribution in [3.63, 3.8) is 0 Å². The molecule has 2 aromatic rings. The van der Waals surface area contributed by atoms with Gasteiger partial charge in [0.2, 0.25) is 0 Å². The lowest BCUT2D eigenvalue weighted by Gasteiger charge is -2.00. The maximum absolute atomic E-state index is 11.1. The minimum Gasteiger partial charge on any atom is -0.481 e. The molecule has 1 aliphatic rings. The molecule has 0 aromatic carbocycles. The van der Waals surface area contributed by atoms with Gasteiger partial charge >= 0.3 is 5.97 Å². The molecule has 0 aliphatic heterocycles. The molecule has 3 rings (SSSR count). The SMILES string of the molecule is Cc1ccoc1-c1nc2c(s1)CCC2C(=O)O. The molecule has 17 heavy (non-hydrogen) atoms. The van der Waals surface area contributed by atoms with E-state index in [4.69, 9.17) is 9.52 Å². The lowest BCUT2D eigenvalue weighted by Crippen LogP contribution is -2.08. The summed E-state index contributed by atoms with van der Waals surface area (Å²) < 4.78 is 5.38. The molecule has 0 saturated heterocycles. The molecule has 0 spiro atoms. The van der Waals surface area contributed by atoms with Crippen LogP contribution in [0.2, 0.25) is 0 Å². The average Bonchev–Trinajstić information content (AvgIpc) is 2.89. The molecule has 5 heteroatoms. The highest BCUT2D eigenvalue weighted by atomic mass is 32.1. The van der Waals surface area contributed by atoms with Crippen LogP contribution in [-0.4, -0.2) is 16.1 Å². The molecule has 4 nitrogen and oxygen atoms in total. The highest BCUT2D eigenvalue weighted by Crippen LogP contribution is 2.40. The van der Waals surface area contributed by atoms with E-state index in [-0.39, 0.29) is 0 Å². The van der Waals surface area contributed by atoms with Crippen molar-refractivity contribution in [2.45, 2.75) is 25.7 Å². The lowest BCUT2D eigenvalue weighted by atomic mass is 10.1. The molecule has 2 aromatic heterocycles. The molecule has 1 unspecified atom stereocenters. The second-order valence-electron chi connectivity index (χ2n) is 4.19. The van der Waals surface area contributed by atoms with Crippen molar-refractivity contribution in [1.82, 2.24) is 4.98 Å². The zero-order valence-electron chi connectivity index (χ0n) is 9.27. The third-order valence-corrected chi connectivity index (χ3v) is 4.20. The van der Waals surface area contributed by atoms with Gasteiger partial charge in [-0.05, 0) is 31.4 Å². The van der Waals surface area contributed by atoms with Crippen molar-refractivity contribution >= 4 is 17.3 Å². The van der Waals surface area contributed by atoms with Gasteiger partial charge in [0.25, 0.3) is 0 Å². The van der Waals surface area contributed by atoms with Crippen LogP contribution in [0.5, 0.6) is 0 Å². The number of hydrogen-bond acceptors (Lipinski definition) is 4. The number of aliphatic carboxylic acids is 1. The van der Waals surface area contributed by atoms with Gasteiger partial charge in [0.1, 0.15) is 5.92 Å². The summed E-state index contributed by atoms with van der Waals surface area (Å²) in [5.41, 5.74) is 1.76. The largest absolute Gasteiger partial charge is 0.481 e. The van der Waals surface area contributed by atoms with Gasteiger partial charge in [-0.2, -0.15) is 0 Å². The lowest BCUT2D eigenvalue weighted by molar-refractivity contribution is -0.138. The standard InChI is InChI=1S/C12H11NO3S/c1-6-4-5-16-10(6)11-13-9-7(12(14)15)2-3-8(9)17-11/h4-5,7H,2-3H2,1H3,(H,14,15). The minimum absolute atomic E-state index is 0.440. The van der Waals surface area contributed by atoms with E-state index in [0.717, 1.165) is 33.3 Å². The highest BCUT2D eigenvalue weighted by molar-refractivity contribution is 7.15. The van der Waals surface area contributed by atoms with Crippen molar-refractivity contribution in [1.29, 1.82) is 0 Å². The van der Waals surface area contributed by atoms with Gasteiger partial charge in [-0.1, -0.05) is 0 Å². The van der Waals surface area contributed by atoms with Crippen LogP contribution in [0.1, 0.15) is 28.5 Å². The average molecular weight is 249 g/mol. The first-order valence-corrected chi connectivity index (χ1v) is 6.25. The third kappa shape index (κ3) is 1.58. The molecular weight excluding hydrogens is 238 g/mol. The van der Waals surface area contributed by atoms with Gasteiger partial charge in [0.15, 0.2) is 10.8 Å². The molecule has 1 aliphatic carbocycles. The Morgan fingerprint density at radius 3 is 3.12 bits per heavy atom. The number of aryl methyl sites for hydroxylation is 2. The van der Waals surface area contributed by atoms with Crippen molar-refractivity contribution in [3.8, 4) is 10.8 Å². The molecule has 0 fully saturated rings. The topological polar surface area (TPSA) is 63.3 Å². The maximum atomic E-state index is 11.1. The summed E-state index contributed by atoms with van der Waals surface area (Å²) in [4.78, 5) is 16.6. The Labute approximate surface area is 102 Å². The number of thiazole rings is 1. The van der Waals surface area contributed by atoms with E-state index in [0.29, 0.717) is 6.42 Å². The van der Waals surface area contributed by atoms with Crippen LogP contribution < -0.4 is 0 Å². The quantitative estimate of drug-likeness (QED) is 0.888. The van der Waals surface area contributed by atoms with Crippen LogP contribution in [0.25, 0.3) is 10.8 Å². The number of nitrogens with zero attached hydrogens (tertiary/aromatic N) is 1. The van der Waals surface area contributed by atoms with Crippen LogP contribution in [0.4, 0.5) is 0 Å². The number of carbonyl (C=O) groups is 1. The molecular formula is C12H11NO3S. The normalized spacial score (nSPS) is 18.3. The summed E-state index contributed by atoms with van der Waals surface area (Å²) >= 11 is 1.55. The van der Waals surface area contributed by atoms with E-state index in [9.17, 15) is 4.79 Å². The van der Waals surface area contributed by atoms with Crippen LogP contribution in [0.15, 0.2) is 16.7 Å². The second kappa shape index (κ2) is 3.70. The second-order valence-corrected chi connectivity index (χ2v) is 5.27. The number of furan rings is 1. The first-order chi connectivity index (χ1) is 8.16. The van der Waals surface area contributed by atoms with Gasteiger partial charge in [0, 0.05) is 4.88 Å². The predicted octanol–water partition coefficient (Wildman–Crippen LogP) is 2.83. The summed E-state index contributed by atoms with van der Waals surface area (Å²) in [6.45, 7) is 1.96. The van der Waals surface area contributed by atoms with E-state index >= 15 is 0 Å². The number of fused-ring (bicyclic) bond motifs is 1.